The smallest absolute Gasteiger partial charge is 0.349 e. The summed E-state index contributed by atoms with van der Waals surface area (Å²) < 4.78 is 54.2. The predicted octanol–water partition coefficient (Wildman–Crippen LogP) is 8.52. The van der Waals surface area contributed by atoms with Crippen molar-refractivity contribution in [3.05, 3.63) is 58.9 Å². The van der Waals surface area contributed by atoms with Crippen molar-refractivity contribution in [2.24, 2.45) is 11.8 Å². The van der Waals surface area contributed by atoms with Gasteiger partial charge in [0.25, 0.3) is 0 Å². The molecule has 2 aromatic carbocycles. The Labute approximate surface area is 217 Å². The van der Waals surface area contributed by atoms with Crippen molar-refractivity contribution in [2.75, 3.05) is 6.61 Å². The predicted molar refractivity (Wildman–Crippen MR) is 136 cm³/mol. The third-order valence-corrected chi connectivity index (χ3v) is 7.18. The van der Waals surface area contributed by atoms with Crippen molar-refractivity contribution in [3.8, 4) is 17.6 Å². The van der Waals surface area contributed by atoms with Crippen molar-refractivity contribution in [2.45, 2.75) is 84.0 Å². The van der Waals surface area contributed by atoms with Crippen molar-refractivity contribution in [3.63, 3.8) is 0 Å². The van der Waals surface area contributed by atoms with Crippen LogP contribution in [-0.2, 0) is 0 Å². The molecule has 0 amide bonds. The van der Waals surface area contributed by atoms with Crippen LogP contribution in [0.1, 0.15) is 99.9 Å². The second-order valence-corrected chi connectivity index (χ2v) is 9.99. The summed E-state index contributed by atoms with van der Waals surface area (Å²) in [6, 6.07) is 7.98. The molecular weight excluding hydrogens is 479 g/mol. The topological polar surface area (TPSA) is 59.3 Å². The molecule has 0 aromatic heterocycles. The molecule has 0 spiro atoms. The number of carbonyl (C=O) groups is 1. The Balaban J connectivity index is 1.46. The van der Waals surface area contributed by atoms with E-state index in [9.17, 15) is 18.0 Å². The zero-order valence-corrected chi connectivity index (χ0v) is 21.5. The lowest BCUT2D eigenvalue weighted by atomic mass is 9.80. The number of esters is 1. The van der Waals surface area contributed by atoms with Crippen LogP contribution in [0.3, 0.4) is 0 Å². The maximum Gasteiger partial charge on any atom is 0.349 e. The zero-order chi connectivity index (χ0) is 26.6. The summed E-state index contributed by atoms with van der Waals surface area (Å²) in [5.41, 5.74) is -0.800. The highest BCUT2D eigenvalue weighted by Crippen LogP contribution is 2.34. The molecule has 0 aliphatic heterocycles. The lowest BCUT2D eigenvalue weighted by molar-refractivity contribution is 0.0722. The fourth-order valence-corrected chi connectivity index (χ4v) is 4.91. The van der Waals surface area contributed by atoms with E-state index in [0.29, 0.717) is 17.5 Å². The second-order valence-electron chi connectivity index (χ2n) is 9.99. The Morgan fingerprint density at radius 1 is 0.919 bits per heavy atom. The number of hydrogen-bond acceptors (Lipinski definition) is 4. The van der Waals surface area contributed by atoms with Gasteiger partial charge in [0.05, 0.1) is 18.2 Å². The highest BCUT2D eigenvalue weighted by Gasteiger charge is 2.28. The van der Waals surface area contributed by atoms with Crippen molar-refractivity contribution in [1.29, 1.82) is 5.26 Å². The molecule has 0 unspecified atom stereocenters. The van der Waals surface area contributed by atoms with Gasteiger partial charge in [0, 0.05) is 6.07 Å². The first kappa shape index (κ1) is 28.6. The van der Waals surface area contributed by atoms with Crippen LogP contribution in [0.5, 0.6) is 11.5 Å². The average molecular weight is 516 g/mol. The molecule has 200 valence electrons. The van der Waals surface area contributed by atoms with Crippen LogP contribution in [0, 0.1) is 40.6 Å². The van der Waals surface area contributed by atoms with Gasteiger partial charge < -0.3 is 9.47 Å². The summed E-state index contributed by atoms with van der Waals surface area (Å²) in [4.78, 5) is 12.3. The number of nitriles is 1. The van der Waals surface area contributed by atoms with Crippen LogP contribution in [0.15, 0.2) is 30.3 Å². The van der Waals surface area contributed by atoms with E-state index in [1.165, 1.54) is 75.6 Å². The number of nitrogens with zero attached hydrogens (tertiary/aromatic N) is 1. The molecule has 0 radical (unpaired) electrons. The number of hydrogen-bond donors (Lipinski definition) is 0. The van der Waals surface area contributed by atoms with E-state index in [4.69, 9.17) is 14.7 Å². The molecule has 1 saturated carbocycles. The van der Waals surface area contributed by atoms with Gasteiger partial charge in [-0.3, -0.25) is 0 Å². The minimum Gasteiger partial charge on any atom is -0.490 e. The lowest BCUT2D eigenvalue weighted by Crippen LogP contribution is -2.21. The monoisotopic (exact) mass is 515 g/mol. The first-order valence-electron chi connectivity index (χ1n) is 13.5. The number of ether oxygens (including phenoxy) is 2. The fourth-order valence-electron chi connectivity index (χ4n) is 4.91. The molecule has 0 saturated heterocycles. The van der Waals surface area contributed by atoms with Crippen LogP contribution in [0.4, 0.5) is 13.2 Å². The van der Waals surface area contributed by atoms with Gasteiger partial charge in [-0.25, -0.2) is 13.6 Å². The Bertz CT molecular complexity index is 1060. The molecule has 37 heavy (non-hydrogen) atoms. The maximum absolute atomic E-state index is 14.6. The molecule has 0 atom stereocenters. The standard InChI is InChI=1S/C30H36F3NO3/c1-2-3-4-5-6-7-8-9-21-10-12-23(13-11-21)20-36-26-18-25(31)27(29(33)28(26)32)30(35)37-24-16-14-22(19-34)15-17-24/h14-18,21,23H,2-13,20H2,1H3. The number of halogens is 3. The quantitative estimate of drug-likeness (QED) is 0.116. The number of unbranched alkanes of at least 4 members (excludes halogenated alkanes) is 6. The largest absolute Gasteiger partial charge is 0.490 e. The number of carbonyl (C=O) groups excluding carboxylic acids is 1. The third-order valence-electron chi connectivity index (χ3n) is 7.18. The Morgan fingerprint density at radius 3 is 2.19 bits per heavy atom. The third kappa shape index (κ3) is 8.52. The second kappa shape index (κ2) is 14.7. The van der Waals surface area contributed by atoms with Gasteiger partial charge in [0.15, 0.2) is 11.6 Å². The average Bonchev–Trinajstić information content (AvgIpc) is 2.90. The Kier molecular flexibility index (Phi) is 11.3. The van der Waals surface area contributed by atoms with Gasteiger partial charge in [-0.15, -0.1) is 0 Å². The summed E-state index contributed by atoms with van der Waals surface area (Å²) in [5.74, 6) is -5.35. The minimum absolute atomic E-state index is 0.0221. The summed E-state index contributed by atoms with van der Waals surface area (Å²) in [6.45, 7) is 2.40. The van der Waals surface area contributed by atoms with Gasteiger partial charge in [-0.2, -0.15) is 9.65 Å². The summed E-state index contributed by atoms with van der Waals surface area (Å²) in [7, 11) is 0. The normalized spacial score (nSPS) is 17.3. The van der Waals surface area contributed by atoms with E-state index in [0.717, 1.165) is 25.7 Å². The highest BCUT2D eigenvalue weighted by atomic mass is 19.2. The lowest BCUT2D eigenvalue weighted by Gasteiger charge is -2.28. The maximum atomic E-state index is 14.6. The molecule has 1 aliphatic carbocycles. The molecule has 0 bridgehead atoms. The minimum atomic E-state index is -1.65. The summed E-state index contributed by atoms with van der Waals surface area (Å²) in [5, 5.41) is 8.81. The first-order valence-corrected chi connectivity index (χ1v) is 13.5. The van der Waals surface area contributed by atoms with Gasteiger partial charge in [0.1, 0.15) is 17.1 Å². The molecule has 0 N–H and O–H groups in total. The van der Waals surface area contributed by atoms with Gasteiger partial charge >= 0.3 is 5.97 Å². The van der Waals surface area contributed by atoms with E-state index >= 15 is 0 Å². The van der Waals surface area contributed by atoms with E-state index < -0.39 is 34.7 Å². The Hall–Kier alpha value is -3.01. The van der Waals surface area contributed by atoms with Gasteiger partial charge in [-0.05, 0) is 48.9 Å². The van der Waals surface area contributed by atoms with Crippen LogP contribution in [0.25, 0.3) is 0 Å². The van der Waals surface area contributed by atoms with Gasteiger partial charge in [0.2, 0.25) is 5.82 Å². The Morgan fingerprint density at radius 2 is 1.54 bits per heavy atom. The molecule has 1 fully saturated rings. The molecule has 7 heteroatoms. The van der Waals surface area contributed by atoms with Crippen molar-refractivity contribution < 1.29 is 27.4 Å². The van der Waals surface area contributed by atoms with Crippen molar-refractivity contribution in [1.82, 2.24) is 0 Å². The zero-order valence-electron chi connectivity index (χ0n) is 21.5. The summed E-state index contributed by atoms with van der Waals surface area (Å²) >= 11 is 0. The van der Waals surface area contributed by atoms with Gasteiger partial charge in [-0.1, -0.05) is 71.1 Å². The highest BCUT2D eigenvalue weighted by molar-refractivity contribution is 5.92. The van der Waals surface area contributed by atoms with E-state index in [1.54, 1.807) is 0 Å². The van der Waals surface area contributed by atoms with E-state index in [2.05, 4.69) is 6.92 Å². The number of rotatable bonds is 13. The van der Waals surface area contributed by atoms with E-state index in [1.807, 2.05) is 6.07 Å². The van der Waals surface area contributed by atoms with Crippen molar-refractivity contribution >= 4 is 5.97 Å². The molecule has 2 aromatic rings. The molecule has 0 heterocycles. The fraction of sp³-hybridized carbons (Fsp3) is 0.533. The van der Waals surface area contributed by atoms with Crippen LogP contribution >= 0.6 is 0 Å². The summed E-state index contributed by atoms with van der Waals surface area (Å²) in [6.07, 6.45) is 14.4. The molecule has 3 rings (SSSR count). The SMILES string of the molecule is CCCCCCCCCC1CCC(COc2cc(F)c(C(=O)Oc3ccc(C#N)cc3)c(F)c2F)CC1. The molecular formula is C30H36F3NO3. The van der Waals surface area contributed by atoms with Crippen LogP contribution < -0.4 is 9.47 Å². The first-order chi connectivity index (χ1) is 17.9. The molecule has 1 aliphatic rings. The van der Waals surface area contributed by atoms with Crippen LogP contribution in [0.2, 0.25) is 0 Å². The number of benzene rings is 2. The van der Waals surface area contributed by atoms with Crippen LogP contribution in [-0.4, -0.2) is 12.6 Å². The van der Waals surface area contributed by atoms with E-state index in [-0.39, 0.29) is 18.3 Å². The molecule has 4 nitrogen and oxygen atoms in total.